The molecule has 5 aliphatic rings. The first-order valence-electron chi connectivity index (χ1n) is 14.9. The molecule has 3 heterocycles. The van der Waals surface area contributed by atoms with E-state index in [0.717, 1.165) is 16.7 Å². The Bertz CT molecular complexity index is 1300. The molecule has 10 heteroatoms. The molecule has 1 aromatic heterocycles. The van der Waals surface area contributed by atoms with E-state index >= 15 is 0 Å². The van der Waals surface area contributed by atoms with Gasteiger partial charge in [0.25, 0.3) is 0 Å². The molecule has 2 aliphatic heterocycles. The van der Waals surface area contributed by atoms with Crippen LogP contribution in [-0.4, -0.2) is 66.4 Å². The number of carbonyl (C=O) groups excluding carboxylic acids is 3. The average Bonchev–Trinajstić information content (AvgIpc) is 3.59. The first-order chi connectivity index (χ1) is 19.7. The van der Waals surface area contributed by atoms with Gasteiger partial charge in [-0.1, -0.05) is 26.3 Å². The molecule has 12 atom stereocenters. The van der Waals surface area contributed by atoms with Crippen molar-refractivity contribution in [1.82, 2.24) is 0 Å². The van der Waals surface area contributed by atoms with Crippen LogP contribution in [0.25, 0.3) is 0 Å². The fourth-order valence-corrected chi connectivity index (χ4v) is 10.1. The molecule has 0 aromatic carbocycles. The van der Waals surface area contributed by atoms with E-state index in [2.05, 4.69) is 20.8 Å². The lowest BCUT2D eigenvalue weighted by molar-refractivity contribution is -0.262. The van der Waals surface area contributed by atoms with Crippen molar-refractivity contribution in [2.75, 3.05) is 6.61 Å². The number of fused-ring (bicyclic) bond motifs is 4. The smallest absolute Gasteiger partial charge is 0.303 e. The Kier molecular flexibility index (Phi) is 6.94. The summed E-state index contributed by atoms with van der Waals surface area (Å²) in [6, 6.07) is 1.94. The second-order valence-electron chi connectivity index (χ2n) is 13.7. The van der Waals surface area contributed by atoms with Gasteiger partial charge in [-0.2, -0.15) is 0 Å². The van der Waals surface area contributed by atoms with Crippen LogP contribution >= 0.6 is 0 Å². The average molecular weight is 587 g/mol. The van der Waals surface area contributed by atoms with E-state index in [1.807, 2.05) is 13.0 Å². The molecule has 42 heavy (non-hydrogen) atoms. The molecule has 4 fully saturated rings. The first-order valence-corrected chi connectivity index (χ1v) is 14.9. The lowest BCUT2D eigenvalue weighted by Gasteiger charge is -2.66. The molecule has 0 bridgehead atoms. The third-order valence-electron chi connectivity index (χ3n) is 11.4. The van der Waals surface area contributed by atoms with Gasteiger partial charge in [0, 0.05) is 61.7 Å². The molecule has 230 valence electrons. The summed E-state index contributed by atoms with van der Waals surface area (Å²) in [7, 11) is 0. The molecule has 1 aromatic rings. The number of aliphatic hydroxyl groups excluding tert-OH is 1. The number of hydrogen-bond acceptors (Lipinski definition) is 10. The molecule has 6 rings (SSSR count). The Morgan fingerprint density at radius 2 is 1.62 bits per heavy atom. The highest BCUT2D eigenvalue weighted by Crippen LogP contribution is 2.72. The first kappa shape index (κ1) is 29.4. The molecule has 0 unspecified atom stereocenters. The number of allylic oxidation sites excluding steroid dienone is 1. The van der Waals surface area contributed by atoms with Crippen LogP contribution in [-0.2, 0) is 38.1 Å². The van der Waals surface area contributed by atoms with E-state index in [-0.39, 0.29) is 30.8 Å². The van der Waals surface area contributed by atoms with Gasteiger partial charge >= 0.3 is 17.9 Å². The van der Waals surface area contributed by atoms with Crippen LogP contribution < -0.4 is 0 Å². The fraction of sp³-hybridized carbons (Fsp3) is 0.719. The van der Waals surface area contributed by atoms with Gasteiger partial charge in [-0.3, -0.25) is 14.4 Å². The molecule has 2 saturated heterocycles. The number of rotatable bonds is 4. The zero-order valence-corrected chi connectivity index (χ0v) is 25.4. The number of furan rings is 1. The molecule has 2 saturated carbocycles. The zero-order valence-electron chi connectivity index (χ0n) is 25.4. The van der Waals surface area contributed by atoms with Crippen LogP contribution in [0.15, 0.2) is 34.2 Å². The SMILES string of the molecule is CC(=O)O[C@@H]1[C@@H]2OC[C@]3(C)[C@H](OC(C)=O)C[C@H](OC(C)=O)[C@@](C)([C@@H]23)[C@H]2C[C@H](O)O[C@H]3C[C@H](c4ccoc4)C(C)=C3[C@]12C. The maximum absolute atomic E-state index is 12.8. The van der Waals surface area contributed by atoms with Gasteiger partial charge in [0.05, 0.1) is 31.3 Å². The van der Waals surface area contributed by atoms with E-state index in [4.69, 9.17) is 28.1 Å². The van der Waals surface area contributed by atoms with Crippen molar-refractivity contribution in [3.8, 4) is 0 Å². The minimum Gasteiger partial charge on any atom is -0.472 e. The number of aliphatic hydroxyl groups is 1. The summed E-state index contributed by atoms with van der Waals surface area (Å²) in [6.45, 7) is 12.8. The van der Waals surface area contributed by atoms with Gasteiger partial charge in [-0.25, -0.2) is 0 Å². The maximum atomic E-state index is 12.8. The Morgan fingerprint density at radius 3 is 2.24 bits per heavy atom. The van der Waals surface area contributed by atoms with Gasteiger partial charge < -0.3 is 33.2 Å². The maximum Gasteiger partial charge on any atom is 0.303 e. The molecule has 10 nitrogen and oxygen atoms in total. The predicted molar refractivity (Wildman–Crippen MR) is 147 cm³/mol. The normalized spacial score (nSPS) is 45.8. The number of esters is 3. The lowest BCUT2D eigenvalue weighted by atomic mass is 9.39. The minimum absolute atomic E-state index is 0.00577. The van der Waals surface area contributed by atoms with Crippen molar-refractivity contribution >= 4 is 17.9 Å². The van der Waals surface area contributed by atoms with Crippen LogP contribution in [0.1, 0.15) is 79.2 Å². The summed E-state index contributed by atoms with van der Waals surface area (Å²) in [4.78, 5) is 37.6. The highest BCUT2D eigenvalue weighted by Gasteiger charge is 2.77. The lowest BCUT2D eigenvalue weighted by Crippen LogP contribution is -2.72. The van der Waals surface area contributed by atoms with E-state index in [0.29, 0.717) is 12.8 Å². The second-order valence-corrected chi connectivity index (χ2v) is 13.7. The van der Waals surface area contributed by atoms with Crippen LogP contribution in [0.2, 0.25) is 0 Å². The van der Waals surface area contributed by atoms with Gasteiger partial charge in [-0.15, -0.1) is 0 Å². The summed E-state index contributed by atoms with van der Waals surface area (Å²) in [5.74, 6) is -1.99. The molecule has 0 amide bonds. The van der Waals surface area contributed by atoms with Crippen molar-refractivity contribution in [3.05, 3.63) is 35.3 Å². The van der Waals surface area contributed by atoms with E-state index in [9.17, 15) is 19.5 Å². The molecule has 0 radical (unpaired) electrons. The minimum atomic E-state index is -1.10. The monoisotopic (exact) mass is 586 g/mol. The van der Waals surface area contributed by atoms with Gasteiger partial charge in [0.1, 0.15) is 18.3 Å². The molecular formula is C32H42O10. The van der Waals surface area contributed by atoms with Gasteiger partial charge in [0.15, 0.2) is 6.29 Å². The molecule has 1 N–H and O–H groups in total. The summed E-state index contributed by atoms with van der Waals surface area (Å²) < 4.78 is 36.7. The molecule has 0 spiro atoms. The highest BCUT2D eigenvalue weighted by atomic mass is 16.6. The van der Waals surface area contributed by atoms with Crippen LogP contribution in [0, 0.1) is 28.1 Å². The number of carbonyl (C=O) groups is 3. The van der Waals surface area contributed by atoms with Gasteiger partial charge in [-0.05, 0) is 36.5 Å². The largest absolute Gasteiger partial charge is 0.472 e. The molecule has 3 aliphatic carbocycles. The van der Waals surface area contributed by atoms with E-state index in [1.165, 1.54) is 20.8 Å². The summed E-state index contributed by atoms with van der Waals surface area (Å²) in [5.41, 5.74) is 0.827. The third-order valence-corrected chi connectivity index (χ3v) is 11.4. The zero-order chi connectivity index (χ0) is 30.4. The van der Waals surface area contributed by atoms with Crippen molar-refractivity contribution < 1.29 is 47.6 Å². The van der Waals surface area contributed by atoms with E-state index in [1.54, 1.807) is 12.5 Å². The topological polar surface area (TPSA) is 131 Å². The Morgan fingerprint density at radius 1 is 0.952 bits per heavy atom. The quantitative estimate of drug-likeness (QED) is 0.313. The van der Waals surface area contributed by atoms with Crippen molar-refractivity contribution in [2.45, 2.75) is 110 Å². The summed E-state index contributed by atoms with van der Waals surface area (Å²) >= 11 is 0. The van der Waals surface area contributed by atoms with Crippen LogP contribution in [0.3, 0.4) is 0 Å². The predicted octanol–water partition coefficient (Wildman–Crippen LogP) is 4.05. The standard InChI is InChI=1S/C32H42O10/c1-15-20(19-8-9-37-13-19)10-21-26(15)32(7)22(11-25(36)42-21)31(6)24(40-17(3)34)12-23(39-16(2)33)30(5)14-38-27(28(30)31)29(32)41-18(4)35/h8-9,13,20-25,27-29,36H,10-12,14H2,1-7H3/t20-,21-,22+,23+,24-,25+,27+,28-,29+,30+,31-,32+/m0/s1. The van der Waals surface area contributed by atoms with Crippen molar-refractivity contribution in [3.63, 3.8) is 0 Å². The highest BCUT2D eigenvalue weighted by molar-refractivity contribution is 5.68. The number of hydrogen-bond donors (Lipinski definition) is 1. The Balaban J connectivity index is 1.59. The van der Waals surface area contributed by atoms with Crippen LogP contribution in [0.4, 0.5) is 0 Å². The number of ether oxygens (including phenoxy) is 5. The molecular weight excluding hydrogens is 544 g/mol. The van der Waals surface area contributed by atoms with Crippen molar-refractivity contribution in [2.24, 2.45) is 28.1 Å². The van der Waals surface area contributed by atoms with Gasteiger partial charge in [0.2, 0.25) is 0 Å². The second kappa shape index (κ2) is 9.92. The third kappa shape index (κ3) is 4.04. The van der Waals surface area contributed by atoms with Crippen molar-refractivity contribution in [1.29, 1.82) is 0 Å². The van der Waals surface area contributed by atoms with Crippen LogP contribution in [0.5, 0.6) is 0 Å². The van der Waals surface area contributed by atoms with E-state index < -0.39 is 71.0 Å². The fourth-order valence-electron chi connectivity index (χ4n) is 10.1. The summed E-state index contributed by atoms with van der Waals surface area (Å²) in [6.07, 6.45) is 0.459. The Labute approximate surface area is 246 Å². The Hall–Kier alpha value is -2.69. The summed E-state index contributed by atoms with van der Waals surface area (Å²) in [5, 5.41) is 11.4.